The van der Waals surface area contributed by atoms with Crippen molar-refractivity contribution in [1.29, 1.82) is 0 Å². The summed E-state index contributed by atoms with van der Waals surface area (Å²) in [5, 5.41) is 8.52. The van der Waals surface area contributed by atoms with Gasteiger partial charge in [-0.2, -0.15) is 4.98 Å². The lowest BCUT2D eigenvalue weighted by atomic mass is 9.94. The van der Waals surface area contributed by atoms with E-state index in [2.05, 4.69) is 30.4 Å². The Hall–Kier alpha value is -2.70. The lowest BCUT2D eigenvalue weighted by molar-refractivity contribution is -0.113. The van der Waals surface area contributed by atoms with Crippen LogP contribution >= 0.6 is 0 Å². The van der Waals surface area contributed by atoms with Crippen LogP contribution in [0.2, 0.25) is 0 Å². The Morgan fingerprint density at radius 1 is 1.22 bits per heavy atom. The number of nitrogens with one attached hydrogen (secondary N) is 1. The number of nitrogens with zero attached hydrogens (tertiary/aromatic N) is 4. The lowest BCUT2D eigenvalue weighted by Crippen LogP contribution is -2.22. The van der Waals surface area contributed by atoms with Crippen molar-refractivity contribution in [2.75, 3.05) is 24.3 Å². The largest absolute Gasteiger partial charge is 0.392 e. The van der Waals surface area contributed by atoms with E-state index in [4.69, 9.17) is 14.8 Å². The number of carbonyl (C=O) groups is 1. The molecule has 0 saturated carbocycles. The molecule has 3 rings (SSSR count). The lowest BCUT2D eigenvalue weighted by Gasteiger charge is -2.21. The minimum absolute atomic E-state index is 0.0340. The molecule has 1 unspecified atom stereocenters. The maximum Gasteiger partial charge on any atom is 0.225 e. The van der Waals surface area contributed by atoms with Crippen LogP contribution in [0.25, 0.3) is 10.9 Å². The maximum absolute atomic E-state index is 12.2. The number of hydrogen-bond donors (Lipinski definition) is 1. The Morgan fingerprint density at radius 2 is 2.00 bits per heavy atom. The van der Waals surface area contributed by atoms with Crippen molar-refractivity contribution in [3.8, 4) is 0 Å². The first-order valence-electron chi connectivity index (χ1n) is 11.8. The zero-order valence-electron chi connectivity index (χ0n) is 20.1. The highest BCUT2D eigenvalue weighted by atomic mass is 16.6. The molecule has 0 fully saturated rings. The second kappa shape index (κ2) is 11.2. The van der Waals surface area contributed by atoms with Crippen LogP contribution in [0.4, 0.5) is 11.8 Å². The Kier molecular flexibility index (Phi) is 8.42. The van der Waals surface area contributed by atoms with Gasteiger partial charge in [-0.05, 0) is 50.7 Å². The summed E-state index contributed by atoms with van der Waals surface area (Å²) < 4.78 is 0. The van der Waals surface area contributed by atoms with Crippen molar-refractivity contribution in [2.24, 2.45) is 11.1 Å². The van der Waals surface area contributed by atoms with Crippen LogP contribution < -0.4 is 10.2 Å². The van der Waals surface area contributed by atoms with Crippen LogP contribution in [-0.2, 0) is 9.63 Å². The van der Waals surface area contributed by atoms with Crippen LogP contribution in [0, 0.1) is 5.92 Å². The first-order chi connectivity index (χ1) is 15.4. The molecule has 0 aliphatic carbocycles. The number of rotatable bonds is 12. The summed E-state index contributed by atoms with van der Waals surface area (Å²) in [5.41, 5.74) is 1.56. The molecule has 1 aromatic heterocycles. The fraction of sp³-hybridized carbons (Fsp3) is 0.600. The van der Waals surface area contributed by atoms with Gasteiger partial charge in [0, 0.05) is 38.4 Å². The number of Topliss-reactive ketones (excluding diaryl/α,β-unsaturated/α-hetero) is 1. The van der Waals surface area contributed by atoms with Crippen LogP contribution in [-0.4, -0.2) is 47.7 Å². The summed E-state index contributed by atoms with van der Waals surface area (Å²) >= 11 is 0. The molecule has 0 amide bonds. The molecule has 1 aliphatic rings. The fourth-order valence-corrected chi connectivity index (χ4v) is 4.08. The van der Waals surface area contributed by atoms with Crippen LogP contribution in [0.5, 0.6) is 0 Å². The Balaban J connectivity index is 1.48. The molecule has 0 bridgehead atoms. The van der Waals surface area contributed by atoms with E-state index in [0.29, 0.717) is 36.5 Å². The molecule has 7 heteroatoms. The standard InChI is InChI=1S/C25H37N5O2/c1-6-19(15-14-17(2)10-9-13-23(31)22-16-18(3)32-29-22)26-25-27-21-12-8-7-11-20(21)24(28-25)30(4)5/h7-8,11-12,17-19H,6,9-10,13-16H2,1-5H3,(H,26,27,28)/t17-,18?,19-/m0/s1. The van der Waals surface area contributed by atoms with Gasteiger partial charge in [-0.1, -0.05) is 37.6 Å². The number of aromatic nitrogens is 2. The van der Waals surface area contributed by atoms with Crippen LogP contribution in [0.15, 0.2) is 29.4 Å². The van der Waals surface area contributed by atoms with Gasteiger partial charge in [0.15, 0.2) is 5.78 Å². The second-order valence-corrected chi connectivity index (χ2v) is 9.19. The van der Waals surface area contributed by atoms with Gasteiger partial charge in [0.25, 0.3) is 0 Å². The molecule has 1 aromatic carbocycles. The molecule has 2 aromatic rings. The summed E-state index contributed by atoms with van der Waals surface area (Å²) in [4.78, 5) is 28.9. The fourth-order valence-electron chi connectivity index (χ4n) is 4.08. The highest BCUT2D eigenvalue weighted by Gasteiger charge is 2.22. The number of ketones is 1. The Labute approximate surface area is 191 Å². The van der Waals surface area contributed by atoms with Crippen molar-refractivity contribution in [2.45, 2.75) is 77.9 Å². The van der Waals surface area contributed by atoms with E-state index in [1.54, 1.807) is 0 Å². The summed E-state index contributed by atoms with van der Waals surface area (Å²) in [6.07, 6.45) is 6.35. The molecule has 1 N–H and O–H groups in total. The Morgan fingerprint density at radius 3 is 2.69 bits per heavy atom. The zero-order chi connectivity index (χ0) is 23.1. The van der Waals surface area contributed by atoms with Gasteiger partial charge in [-0.3, -0.25) is 4.79 Å². The third-order valence-corrected chi connectivity index (χ3v) is 6.09. The minimum atomic E-state index is 0.0340. The van der Waals surface area contributed by atoms with Gasteiger partial charge < -0.3 is 15.1 Å². The number of hydrogen-bond acceptors (Lipinski definition) is 7. The van der Waals surface area contributed by atoms with Crippen LogP contribution in [0.1, 0.15) is 65.7 Å². The molecule has 0 radical (unpaired) electrons. The number of anilines is 2. The first kappa shape index (κ1) is 24.0. The number of carbonyl (C=O) groups excluding carboxylic acids is 1. The van der Waals surface area contributed by atoms with E-state index in [1.165, 1.54) is 0 Å². The van der Waals surface area contributed by atoms with E-state index in [1.807, 2.05) is 44.1 Å². The average Bonchev–Trinajstić information content (AvgIpc) is 3.22. The van der Waals surface area contributed by atoms with Gasteiger partial charge in [0.1, 0.15) is 17.6 Å². The van der Waals surface area contributed by atoms with Crippen molar-refractivity contribution in [3.05, 3.63) is 24.3 Å². The van der Waals surface area contributed by atoms with E-state index in [9.17, 15) is 4.79 Å². The van der Waals surface area contributed by atoms with Gasteiger partial charge in [-0.25, -0.2) is 4.98 Å². The summed E-state index contributed by atoms with van der Waals surface area (Å²) in [5.74, 6) is 2.32. The topological polar surface area (TPSA) is 79.7 Å². The van der Waals surface area contributed by atoms with Gasteiger partial charge in [0.05, 0.1) is 5.52 Å². The zero-order valence-corrected chi connectivity index (χ0v) is 20.1. The molecule has 32 heavy (non-hydrogen) atoms. The predicted molar refractivity (Wildman–Crippen MR) is 131 cm³/mol. The highest BCUT2D eigenvalue weighted by Crippen LogP contribution is 2.25. The smallest absolute Gasteiger partial charge is 0.225 e. The highest BCUT2D eigenvalue weighted by molar-refractivity contribution is 6.40. The second-order valence-electron chi connectivity index (χ2n) is 9.19. The van der Waals surface area contributed by atoms with Crippen molar-refractivity contribution < 1.29 is 9.63 Å². The number of oxime groups is 1. The predicted octanol–water partition coefficient (Wildman–Crippen LogP) is 5.21. The molecule has 3 atom stereocenters. The maximum atomic E-state index is 12.2. The van der Waals surface area contributed by atoms with Crippen LogP contribution in [0.3, 0.4) is 0 Å². The van der Waals surface area contributed by atoms with E-state index < -0.39 is 0 Å². The minimum Gasteiger partial charge on any atom is -0.392 e. The number of benzene rings is 1. The number of para-hydroxylation sites is 1. The van der Waals surface area contributed by atoms with Crippen molar-refractivity contribution in [1.82, 2.24) is 9.97 Å². The van der Waals surface area contributed by atoms with Gasteiger partial charge >= 0.3 is 0 Å². The van der Waals surface area contributed by atoms with E-state index in [-0.39, 0.29) is 11.9 Å². The molecule has 0 spiro atoms. The molecule has 174 valence electrons. The van der Waals surface area contributed by atoms with Crippen molar-refractivity contribution in [3.63, 3.8) is 0 Å². The van der Waals surface area contributed by atoms with E-state index in [0.717, 1.165) is 48.8 Å². The molecule has 2 heterocycles. The average molecular weight is 440 g/mol. The normalized spacial score (nSPS) is 17.5. The summed E-state index contributed by atoms with van der Waals surface area (Å²) in [7, 11) is 4.02. The SMILES string of the molecule is CC[C@@H](CC[C@@H](C)CCCC(=O)C1=NOC(C)C1)Nc1nc(N(C)C)c2ccccc2n1. The molecular formula is C25H37N5O2. The molecular weight excluding hydrogens is 402 g/mol. The Bertz CT molecular complexity index is 943. The van der Waals surface area contributed by atoms with E-state index >= 15 is 0 Å². The first-order valence-corrected chi connectivity index (χ1v) is 11.8. The quantitative estimate of drug-likeness (QED) is 0.489. The number of fused-ring (bicyclic) bond motifs is 1. The third-order valence-electron chi connectivity index (χ3n) is 6.09. The van der Waals surface area contributed by atoms with Gasteiger partial charge in [-0.15, -0.1) is 0 Å². The molecule has 0 saturated heterocycles. The van der Waals surface area contributed by atoms with Gasteiger partial charge in [0.2, 0.25) is 5.95 Å². The third kappa shape index (κ3) is 6.40. The summed E-state index contributed by atoms with van der Waals surface area (Å²) in [6, 6.07) is 8.44. The van der Waals surface area contributed by atoms with Crippen molar-refractivity contribution >= 4 is 34.2 Å². The molecule has 1 aliphatic heterocycles. The molecule has 7 nitrogen and oxygen atoms in total. The summed E-state index contributed by atoms with van der Waals surface area (Å²) in [6.45, 7) is 6.40. The monoisotopic (exact) mass is 439 g/mol.